The number of aromatic nitrogens is 2. The van der Waals surface area contributed by atoms with Crippen molar-refractivity contribution in [2.45, 2.75) is 59.0 Å². The largest absolute Gasteiger partial charge is 0.354 e. The van der Waals surface area contributed by atoms with Crippen LogP contribution < -0.4 is 10.6 Å². The molecule has 0 atom stereocenters. The van der Waals surface area contributed by atoms with E-state index < -0.39 is 0 Å². The third-order valence-electron chi connectivity index (χ3n) is 5.89. The molecule has 29 heavy (non-hydrogen) atoms. The lowest BCUT2D eigenvalue weighted by molar-refractivity contribution is -0.136. The third-order valence-corrected chi connectivity index (χ3v) is 5.89. The maximum absolute atomic E-state index is 12.6. The van der Waals surface area contributed by atoms with Gasteiger partial charge in [0.05, 0.1) is 12.2 Å². The summed E-state index contributed by atoms with van der Waals surface area (Å²) in [6.45, 7) is 8.52. The van der Waals surface area contributed by atoms with E-state index in [0.717, 1.165) is 56.1 Å². The van der Waals surface area contributed by atoms with Gasteiger partial charge in [0.1, 0.15) is 5.65 Å². The van der Waals surface area contributed by atoms with Gasteiger partial charge in [0.25, 0.3) is 0 Å². The predicted molar refractivity (Wildman–Crippen MR) is 117 cm³/mol. The molecule has 0 radical (unpaired) electrons. The number of hydrogen-bond acceptors (Lipinski definition) is 3. The summed E-state index contributed by atoms with van der Waals surface area (Å²) in [4.78, 5) is 23.6. The Hall–Kier alpha value is -2.57. The summed E-state index contributed by atoms with van der Waals surface area (Å²) in [5, 5.41) is 6.87. The van der Waals surface area contributed by atoms with Gasteiger partial charge in [-0.15, -0.1) is 0 Å². The summed E-state index contributed by atoms with van der Waals surface area (Å²) >= 11 is 0. The Bertz CT molecular complexity index is 846. The van der Waals surface area contributed by atoms with Gasteiger partial charge in [-0.25, -0.2) is 4.98 Å². The lowest BCUT2D eigenvalue weighted by Crippen LogP contribution is -2.50. The highest BCUT2D eigenvalue weighted by Crippen LogP contribution is 2.17. The first kappa shape index (κ1) is 21.1. The van der Waals surface area contributed by atoms with E-state index in [4.69, 9.17) is 0 Å². The van der Waals surface area contributed by atoms with E-state index in [2.05, 4.69) is 58.0 Å². The van der Waals surface area contributed by atoms with E-state index in [1.807, 2.05) is 17.0 Å². The zero-order chi connectivity index (χ0) is 20.8. The van der Waals surface area contributed by atoms with Crippen LogP contribution in [0.15, 0.2) is 29.4 Å². The number of amides is 1. The van der Waals surface area contributed by atoms with E-state index in [1.54, 1.807) is 7.05 Å². The molecule has 7 heteroatoms. The number of rotatable bonds is 6. The number of fused-ring (bicyclic) bond motifs is 1. The normalized spacial score (nSPS) is 15.9. The van der Waals surface area contributed by atoms with Crippen molar-refractivity contribution >= 4 is 17.5 Å². The SMILES string of the molecule is CCC(CC)C(=O)N1CCC(NC(=NC)NCc2cn3c(C)cccc3n2)CC1. The van der Waals surface area contributed by atoms with Crippen molar-refractivity contribution < 1.29 is 4.79 Å². The molecule has 1 aliphatic heterocycles. The fraction of sp³-hybridized carbons (Fsp3) is 0.591. The van der Waals surface area contributed by atoms with Crippen LogP contribution in [0.5, 0.6) is 0 Å². The summed E-state index contributed by atoms with van der Waals surface area (Å²) in [5.41, 5.74) is 3.10. The molecule has 2 N–H and O–H groups in total. The molecule has 1 fully saturated rings. The Morgan fingerprint density at radius 3 is 2.62 bits per heavy atom. The standard InChI is InChI=1S/C22H34N6O/c1-5-17(6-2)21(29)27-12-10-18(11-13-27)26-22(23-4)24-14-19-15-28-16(3)8-7-9-20(28)25-19/h7-9,15,17-18H,5-6,10-14H2,1-4H3,(H2,23,24,26). The van der Waals surface area contributed by atoms with Gasteiger partial charge in [0.2, 0.25) is 5.91 Å². The number of likely N-dealkylation sites (tertiary alicyclic amines) is 1. The number of guanidine groups is 1. The number of hydrogen-bond donors (Lipinski definition) is 2. The molecule has 0 aromatic carbocycles. The molecule has 3 heterocycles. The fourth-order valence-corrected chi connectivity index (χ4v) is 3.99. The minimum Gasteiger partial charge on any atom is -0.354 e. The van der Waals surface area contributed by atoms with E-state index in [-0.39, 0.29) is 5.92 Å². The molecule has 1 amide bonds. The summed E-state index contributed by atoms with van der Waals surface area (Å²) < 4.78 is 2.10. The Labute approximate surface area is 173 Å². The Morgan fingerprint density at radius 2 is 2.00 bits per heavy atom. The van der Waals surface area contributed by atoms with Gasteiger partial charge in [-0.05, 0) is 44.7 Å². The van der Waals surface area contributed by atoms with Crippen molar-refractivity contribution in [1.29, 1.82) is 0 Å². The second-order valence-corrected chi connectivity index (χ2v) is 7.81. The van der Waals surface area contributed by atoms with Gasteiger partial charge in [0.15, 0.2) is 5.96 Å². The van der Waals surface area contributed by atoms with Crippen LogP contribution in [0.2, 0.25) is 0 Å². The Balaban J connectivity index is 1.49. The van der Waals surface area contributed by atoms with E-state index >= 15 is 0 Å². The van der Waals surface area contributed by atoms with Crippen molar-refractivity contribution in [1.82, 2.24) is 24.9 Å². The number of nitrogens with one attached hydrogen (secondary N) is 2. The minimum absolute atomic E-state index is 0.169. The molecule has 1 aliphatic rings. The Morgan fingerprint density at radius 1 is 1.28 bits per heavy atom. The average Bonchev–Trinajstić information content (AvgIpc) is 3.17. The van der Waals surface area contributed by atoms with Crippen molar-refractivity contribution in [3.8, 4) is 0 Å². The zero-order valence-corrected chi connectivity index (χ0v) is 18.1. The molecule has 3 rings (SSSR count). The van der Waals surface area contributed by atoms with Crippen LogP contribution in [0, 0.1) is 12.8 Å². The van der Waals surface area contributed by atoms with Crippen molar-refractivity contribution in [3.63, 3.8) is 0 Å². The summed E-state index contributed by atoms with van der Waals surface area (Å²) in [6.07, 6.45) is 5.80. The van der Waals surface area contributed by atoms with Crippen molar-refractivity contribution in [2.75, 3.05) is 20.1 Å². The lowest BCUT2D eigenvalue weighted by atomic mass is 9.98. The number of nitrogens with zero attached hydrogens (tertiary/aromatic N) is 4. The number of carbonyl (C=O) groups excluding carboxylic acids is 1. The van der Waals surface area contributed by atoms with Crippen molar-refractivity contribution in [3.05, 3.63) is 35.8 Å². The van der Waals surface area contributed by atoms with Crippen LogP contribution in [-0.4, -0.2) is 52.3 Å². The number of piperidine rings is 1. The maximum atomic E-state index is 12.6. The van der Waals surface area contributed by atoms with Gasteiger partial charge >= 0.3 is 0 Å². The smallest absolute Gasteiger partial charge is 0.225 e. The van der Waals surface area contributed by atoms with Gasteiger partial charge in [-0.1, -0.05) is 19.9 Å². The number of aliphatic imine (C=N–C) groups is 1. The second-order valence-electron chi connectivity index (χ2n) is 7.81. The van der Waals surface area contributed by atoms with Crippen LogP contribution in [0.4, 0.5) is 0 Å². The molecule has 1 saturated heterocycles. The molecule has 0 aliphatic carbocycles. The number of pyridine rings is 1. The molecule has 158 valence electrons. The van der Waals surface area contributed by atoms with Gasteiger partial charge in [-0.3, -0.25) is 9.79 Å². The average molecular weight is 399 g/mol. The molecule has 2 aromatic heterocycles. The number of aryl methyl sites for hydroxylation is 1. The highest BCUT2D eigenvalue weighted by Gasteiger charge is 2.26. The van der Waals surface area contributed by atoms with Crippen molar-refractivity contribution in [2.24, 2.45) is 10.9 Å². The van der Waals surface area contributed by atoms with Gasteiger partial charge < -0.3 is 19.9 Å². The number of carbonyl (C=O) groups is 1. The van der Waals surface area contributed by atoms with Crippen LogP contribution in [0.1, 0.15) is 50.9 Å². The van der Waals surface area contributed by atoms with Crippen LogP contribution in [0.25, 0.3) is 5.65 Å². The van der Waals surface area contributed by atoms with Gasteiger partial charge in [-0.2, -0.15) is 0 Å². The maximum Gasteiger partial charge on any atom is 0.225 e. The monoisotopic (exact) mass is 398 g/mol. The van der Waals surface area contributed by atoms with Crippen LogP contribution in [0.3, 0.4) is 0 Å². The molecular formula is C22H34N6O. The van der Waals surface area contributed by atoms with Crippen LogP contribution >= 0.6 is 0 Å². The molecule has 0 saturated carbocycles. The first-order valence-corrected chi connectivity index (χ1v) is 10.7. The minimum atomic E-state index is 0.169. The summed E-state index contributed by atoms with van der Waals surface area (Å²) in [5.74, 6) is 1.27. The second kappa shape index (κ2) is 9.76. The van der Waals surface area contributed by atoms with E-state index in [1.165, 1.54) is 5.69 Å². The highest BCUT2D eigenvalue weighted by molar-refractivity contribution is 5.80. The van der Waals surface area contributed by atoms with Crippen LogP contribution in [-0.2, 0) is 11.3 Å². The number of imidazole rings is 1. The quantitative estimate of drug-likeness (QED) is 0.580. The molecular weight excluding hydrogens is 364 g/mol. The molecule has 0 unspecified atom stereocenters. The van der Waals surface area contributed by atoms with E-state index in [9.17, 15) is 4.79 Å². The fourth-order valence-electron chi connectivity index (χ4n) is 3.99. The predicted octanol–water partition coefficient (Wildman–Crippen LogP) is 2.73. The topological polar surface area (TPSA) is 74.0 Å². The summed E-state index contributed by atoms with van der Waals surface area (Å²) in [6, 6.07) is 6.44. The highest BCUT2D eigenvalue weighted by atomic mass is 16.2. The molecule has 2 aromatic rings. The Kier molecular flexibility index (Phi) is 7.12. The lowest BCUT2D eigenvalue weighted by Gasteiger charge is -2.34. The molecule has 7 nitrogen and oxygen atoms in total. The summed E-state index contributed by atoms with van der Waals surface area (Å²) in [7, 11) is 1.79. The first-order chi connectivity index (χ1) is 14.0. The van der Waals surface area contributed by atoms with E-state index in [0.29, 0.717) is 18.5 Å². The molecule has 0 bridgehead atoms. The molecule has 0 spiro atoms. The zero-order valence-electron chi connectivity index (χ0n) is 18.1. The van der Waals surface area contributed by atoms with Gasteiger partial charge in [0, 0.05) is 44.0 Å². The third kappa shape index (κ3) is 5.08. The first-order valence-electron chi connectivity index (χ1n) is 10.7.